The predicted octanol–water partition coefficient (Wildman–Crippen LogP) is 0.400. The molecule has 0 radical (unpaired) electrons. The van der Waals surface area contributed by atoms with E-state index in [4.69, 9.17) is 0 Å². The number of rotatable bonds is 4. The van der Waals surface area contributed by atoms with Crippen molar-refractivity contribution >= 4 is 18.0 Å². The lowest BCUT2D eigenvalue weighted by Gasteiger charge is -2.16. The Labute approximate surface area is 106 Å². The van der Waals surface area contributed by atoms with Gasteiger partial charge < -0.3 is 4.90 Å². The summed E-state index contributed by atoms with van der Waals surface area (Å²) in [6, 6.07) is 3.48. The number of carbonyl (C=O) groups excluding carboxylic acids is 2. The Morgan fingerprint density at radius 2 is 1.94 bits per heavy atom. The zero-order valence-electron chi connectivity index (χ0n) is 10.5. The Morgan fingerprint density at radius 3 is 2.50 bits per heavy atom. The molecule has 1 rings (SSSR count). The van der Waals surface area contributed by atoms with Gasteiger partial charge in [0.2, 0.25) is 0 Å². The molecule has 6 nitrogen and oxygen atoms in total. The molecule has 1 heterocycles. The van der Waals surface area contributed by atoms with Crippen LogP contribution >= 0.6 is 0 Å². The fraction of sp³-hybridized carbons (Fsp3) is 0.333. The van der Waals surface area contributed by atoms with E-state index in [0.717, 1.165) is 5.56 Å². The molecule has 2 amide bonds. The number of pyridine rings is 1. The molecule has 0 unspecified atom stereocenters. The second kappa shape index (κ2) is 7.16. The van der Waals surface area contributed by atoms with Crippen LogP contribution in [0.15, 0.2) is 29.6 Å². The van der Waals surface area contributed by atoms with E-state index in [9.17, 15) is 9.59 Å². The molecule has 96 valence electrons. The van der Waals surface area contributed by atoms with Crippen LogP contribution in [0.1, 0.15) is 19.4 Å². The molecule has 0 saturated carbocycles. The molecule has 0 aliphatic heterocycles. The van der Waals surface area contributed by atoms with Crippen LogP contribution in [0.25, 0.3) is 0 Å². The molecule has 0 aliphatic rings. The molecular formula is C12H16N4O2. The van der Waals surface area contributed by atoms with Crippen LogP contribution in [-0.2, 0) is 9.59 Å². The quantitative estimate of drug-likeness (QED) is 0.476. The largest absolute Gasteiger partial charge is 0.335 e. The van der Waals surface area contributed by atoms with Crippen molar-refractivity contribution in [1.29, 1.82) is 0 Å². The first kappa shape index (κ1) is 13.8. The van der Waals surface area contributed by atoms with Crippen LogP contribution in [0.3, 0.4) is 0 Å². The predicted molar refractivity (Wildman–Crippen MR) is 67.9 cm³/mol. The lowest BCUT2D eigenvalue weighted by Crippen LogP contribution is -2.41. The lowest BCUT2D eigenvalue weighted by atomic mass is 10.3. The maximum atomic E-state index is 11.6. The Balaban J connectivity index is 2.51. The summed E-state index contributed by atoms with van der Waals surface area (Å²) < 4.78 is 0. The lowest BCUT2D eigenvalue weighted by molar-refractivity contribution is -0.145. The van der Waals surface area contributed by atoms with Gasteiger partial charge in [0, 0.05) is 25.5 Å². The average Bonchev–Trinajstić information content (AvgIpc) is 2.41. The van der Waals surface area contributed by atoms with E-state index in [2.05, 4.69) is 15.5 Å². The molecule has 0 atom stereocenters. The highest BCUT2D eigenvalue weighted by Gasteiger charge is 2.18. The summed E-state index contributed by atoms with van der Waals surface area (Å²) in [4.78, 5) is 28.3. The molecule has 0 bridgehead atoms. The van der Waals surface area contributed by atoms with Gasteiger partial charge in [0.05, 0.1) is 6.21 Å². The second-order valence-electron chi connectivity index (χ2n) is 3.46. The van der Waals surface area contributed by atoms with E-state index in [-0.39, 0.29) is 0 Å². The third-order valence-electron chi connectivity index (χ3n) is 2.33. The van der Waals surface area contributed by atoms with Gasteiger partial charge in [-0.2, -0.15) is 5.10 Å². The van der Waals surface area contributed by atoms with Crippen molar-refractivity contribution < 1.29 is 9.59 Å². The Hall–Kier alpha value is -2.24. The number of nitrogens with one attached hydrogen (secondary N) is 1. The SMILES string of the molecule is CCN(CC)C(=O)C(=O)N/N=C\c1ccncc1. The summed E-state index contributed by atoms with van der Waals surface area (Å²) in [6.07, 6.45) is 4.68. The standard InChI is InChI=1S/C12H16N4O2/c1-3-16(4-2)12(18)11(17)15-14-9-10-5-7-13-8-6-10/h5-9H,3-4H2,1-2H3,(H,15,17)/b14-9-. The highest BCUT2D eigenvalue weighted by Crippen LogP contribution is 1.91. The smallest absolute Gasteiger partial charge is 0.329 e. The van der Waals surface area contributed by atoms with Crippen LogP contribution in [0.5, 0.6) is 0 Å². The van der Waals surface area contributed by atoms with Gasteiger partial charge in [0.15, 0.2) is 0 Å². The highest BCUT2D eigenvalue weighted by molar-refractivity contribution is 6.34. The minimum absolute atomic E-state index is 0.497. The summed E-state index contributed by atoms with van der Waals surface area (Å²) in [5.74, 6) is -1.31. The van der Waals surface area contributed by atoms with Gasteiger partial charge in [-0.15, -0.1) is 0 Å². The number of likely N-dealkylation sites (N-methyl/N-ethyl adjacent to an activating group) is 1. The maximum absolute atomic E-state index is 11.6. The van der Waals surface area contributed by atoms with Gasteiger partial charge in [-0.3, -0.25) is 14.6 Å². The van der Waals surface area contributed by atoms with E-state index in [1.54, 1.807) is 24.5 Å². The van der Waals surface area contributed by atoms with Crippen molar-refractivity contribution in [3.63, 3.8) is 0 Å². The fourth-order valence-electron chi connectivity index (χ4n) is 1.32. The van der Waals surface area contributed by atoms with Gasteiger partial charge in [-0.1, -0.05) is 0 Å². The zero-order chi connectivity index (χ0) is 13.4. The molecule has 0 spiro atoms. The second-order valence-corrected chi connectivity index (χ2v) is 3.46. The summed E-state index contributed by atoms with van der Waals surface area (Å²) in [5.41, 5.74) is 2.99. The van der Waals surface area contributed by atoms with Crippen molar-refractivity contribution in [2.24, 2.45) is 5.10 Å². The molecule has 1 aromatic heterocycles. The van der Waals surface area contributed by atoms with E-state index < -0.39 is 11.8 Å². The fourth-order valence-corrected chi connectivity index (χ4v) is 1.32. The monoisotopic (exact) mass is 248 g/mol. The topological polar surface area (TPSA) is 74.7 Å². The van der Waals surface area contributed by atoms with Gasteiger partial charge in [0.1, 0.15) is 0 Å². The number of hydrazone groups is 1. The molecular weight excluding hydrogens is 232 g/mol. The Kier molecular flexibility index (Phi) is 5.50. The van der Waals surface area contributed by atoms with Crippen LogP contribution in [0.4, 0.5) is 0 Å². The summed E-state index contributed by atoms with van der Waals surface area (Å²) in [5, 5.41) is 3.71. The first-order valence-electron chi connectivity index (χ1n) is 5.71. The third kappa shape index (κ3) is 3.97. The average molecular weight is 248 g/mol. The van der Waals surface area contributed by atoms with E-state index >= 15 is 0 Å². The number of amides is 2. The van der Waals surface area contributed by atoms with Crippen molar-refractivity contribution in [2.75, 3.05) is 13.1 Å². The molecule has 0 aromatic carbocycles. The van der Waals surface area contributed by atoms with Crippen molar-refractivity contribution in [1.82, 2.24) is 15.3 Å². The van der Waals surface area contributed by atoms with Crippen LogP contribution in [0.2, 0.25) is 0 Å². The van der Waals surface area contributed by atoms with Crippen molar-refractivity contribution in [3.05, 3.63) is 30.1 Å². The summed E-state index contributed by atoms with van der Waals surface area (Å²) in [6.45, 7) is 4.62. The molecule has 6 heteroatoms. The zero-order valence-corrected chi connectivity index (χ0v) is 10.5. The number of hydrogen-bond donors (Lipinski definition) is 1. The van der Waals surface area contributed by atoms with Gasteiger partial charge in [0.25, 0.3) is 0 Å². The molecule has 0 saturated heterocycles. The molecule has 1 N–H and O–H groups in total. The van der Waals surface area contributed by atoms with Gasteiger partial charge in [-0.05, 0) is 31.5 Å². The van der Waals surface area contributed by atoms with Crippen molar-refractivity contribution in [3.8, 4) is 0 Å². The van der Waals surface area contributed by atoms with Crippen LogP contribution < -0.4 is 5.43 Å². The van der Waals surface area contributed by atoms with Gasteiger partial charge >= 0.3 is 11.8 Å². The first-order valence-corrected chi connectivity index (χ1v) is 5.71. The molecule has 18 heavy (non-hydrogen) atoms. The number of carbonyl (C=O) groups is 2. The highest BCUT2D eigenvalue weighted by atomic mass is 16.2. The number of hydrogen-bond acceptors (Lipinski definition) is 4. The maximum Gasteiger partial charge on any atom is 0.329 e. The number of aromatic nitrogens is 1. The Morgan fingerprint density at radius 1 is 1.33 bits per heavy atom. The Bertz CT molecular complexity index is 427. The van der Waals surface area contributed by atoms with E-state index in [1.807, 2.05) is 13.8 Å². The number of nitrogens with zero attached hydrogens (tertiary/aromatic N) is 3. The summed E-state index contributed by atoms with van der Waals surface area (Å²) in [7, 11) is 0. The molecule has 0 aliphatic carbocycles. The third-order valence-corrected chi connectivity index (χ3v) is 2.33. The van der Waals surface area contributed by atoms with Crippen molar-refractivity contribution in [2.45, 2.75) is 13.8 Å². The van der Waals surface area contributed by atoms with Gasteiger partial charge in [-0.25, -0.2) is 5.43 Å². The van der Waals surface area contributed by atoms with Crippen LogP contribution in [0, 0.1) is 0 Å². The molecule has 1 aromatic rings. The van der Waals surface area contributed by atoms with E-state index in [0.29, 0.717) is 13.1 Å². The minimum atomic E-state index is -0.732. The first-order chi connectivity index (χ1) is 8.69. The van der Waals surface area contributed by atoms with E-state index in [1.165, 1.54) is 11.1 Å². The van der Waals surface area contributed by atoms with Crippen LogP contribution in [-0.4, -0.2) is 41.0 Å². The molecule has 0 fully saturated rings. The summed E-state index contributed by atoms with van der Waals surface area (Å²) >= 11 is 0. The normalized spacial score (nSPS) is 10.3. The minimum Gasteiger partial charge on any atom is -0.335 e.